The number of aliphatic hydroxyl groups is 5. The Bertz CT molecular complexity index is 376. The molecule has 0 saturated carbocycles. The van der Waals surface area contributed by atoms with E-state index in [1.165, 1.54) is 0 Å². The lowest BCUT2D eigenvalue weighted by atomic mass is 10.0. The van der Waals surface area contributed by atoms with Crippen molar-refractivity contribution in [1.29, 1.82) is 0 Å². The van der Waals surface area contributed by atoms with Crippen LogP contribution in [-0.2, 0) is 14.9 Å². The highest BCUT2D eigenvalue weighted by Crippen LogP contribution is 2.25. The van der Waals surface area contributed by atoms with Crippen LogP contribution < -0.4 is 0 Å². The van der Waals surface area contributed by atoms with E-state index in [0.717, 1.165) is 0 Å². The van der Waals surface area contributed by atoms with Gasteiger partial charge in [-0.15, -0.1) is 0 Å². The zero-order chi connectivity index (χ0) is 14.0. The third-order valence-electron chi connectivity index (χ3n) is 2.01. The minimum atomic E-state index is -5.66. The van der Waals surface area contributed by atoms with E-state index in [0.29, 0.717) is 0 Å². The molecule has 0 aliphatic rings. The molecule has 7 N–H and O–H groups in total. The second kappa shape index (κ2) is 5.22. The second-order valence-corrected chi connectivity index (χ2v) is 4.77. The van der Waals surface area contributed by atoms with Crippen LogP contribution in [0, 0.1) is 0 Å². The van der Waals surface area contributed by atoms with Crippen molar-refractivity contribution in [3.8, 4) is 0 Å². The lowest BCUT2D eigenvalue weighted by molar-refractivity contribution is -0.174. The summed E-state index contributed by atoms with van der Waals surface area (Å²) in [6.45, 7) is -1.24. The Morgan fingerprint density at radius 3 is 1.88 bits per heavy atom. The van der Waals surface area contributed by atoms with Gasteiger partial charge in [0.15, 0.2) is 6.10 Å². The van der Waals surface area contributed by atoms with E-state index in [9.17, 15) is 18.3 Å². The molecule has 0 aromatic carbocycles. The van der Waals surface area contributed by atoms with Gasteiger partial charge in [-0.3, -0.25) is 4.55 Å². The molecule has 0 bridgehead atoms. The molecule has 0 amide bonds. The molecule has 0 heterocycles. The zero-order valence-electron chi connectivity index (χ0n) is 8.20. The summed E-state index contributed by atoms with van der Waals surface area (Å²) in [6, 6.07) is 0. The van der Waals surface area contributed by atoms with E-state index >= 15 is 0 Å². The normalized spacial score (nSPS) is 21.3. The van der Waals surface area contributed by atoms with Gasteiger partial charge >= 0.3 is 16.1 Å². The molecule has 0 radical (unpaired) electrons. The van der Waals surface area contributed by atoms with Gasteiger partial charge in [0.05, 0.1) is 6.61 Å². The number of rotatable bonds is 6. The monoisotopic (exact) mass is 276 g/mol. The molecule has 0 aromatic heterocycles. The van der Waals surface area contributed by atoms with Crippen molar-refractivity contribution in [2.24, 2.45) is 0 Å². The highest BCUT2D eigenvalue weighted by Gasteiger charge is 2.59. The molecule has 0 aliphatic carbocycles. The van der Waals surface area contributed by atoms with Crippen molar-refractivity contribution in [1.82, 2.24) is 0 Å². The van der Waals surface area contributed by atoms with Crippen LogP contribution in [-0.4, -0.2) is 79.4 Å². The number of hydrogen-bond donors (Lipinski definition) is 7. The Balaban J connectivity index is 5.65. The first-order valence-corrected chi connectivity index (χ1v) is 5.51. The molecule has 102 valence electrons. The van der Waals surface area contributed by atoms with Crippen molar-refractivity contribution >= 4 is 16.1 Å². The Morgan fingerprint density at radius 1 is 1.24 bits per heavy atom. The molecule has 0 aliphatic heterocycles. The van der Waals surface area contributed by atoms with Crippen molar-refractivity contribution < 1.29 is 48.4 Å². The van der Waals surface area contributed by atoms with Gasteiger partial charge in [-0.05, 0) is 0 Å². The smallest absolute Gasteiger partial charge is 0.336 e. The van der Waals surface area contributed by atoms with Crippen molar-refractivity contribution in [2.75, 3.05) is 6.61 Å². The molecule has 10 nitrogen and oxygen atoms in total. The highest BCUT2D eigenvalue weighted by molar-refractivity contribution is 7.87. The van der Waals surface area contributed by atoms with Gasteiger partial charge in [0.25, 0.3) is 4.93 Å². The zero-order valence-corrected chi connectivity index (χ0v) is 9.02. The second-order valence-electron chi connectivity index (χ2n) is 3.16. The maximum absolute atomic E-state index is 10.8. The lowest BCUT2D eigenvalue weighted by Crippen LogP contribution is -2.64. The maximum Gasteiger partial charge on any atom is 0.336 e. The molecule has 0 unspecified atom stereocenters. The van der Waals surface area contributed by atoms with Crippen LogP contribution in [0.2, 0.25) is 0 Å². The lowest BCUT2D eigenvalue weighted by Gasteiger charge is -2.33. The van der Waals surface area contributed by atoms with E-state index < -0.39 is 45.9 Å². The number of hydrogen-bond acceptors (Lipinski definition) is 8. The summed E-state index contributed by atoms with van der Waals surface area (Å²) >= 11 is 0. The van der Waals surface area contributed by atoms with Crippen LogP contribution in [0.25, 0.3) is 0 Å². The standard InChI is InChI=1S/C6H12O10S/c7-1-2(8)3(9)6(13,17(14,15)16)4(10)5(11)12/h2-4,7-10,13H,1H2,(H,11,12)(H,14,15,16)/t2-,3-,4+,6-/m1/s1. The minimum absolute atomic E-state index is 1.24. The molecule has 0 rings (SSSR count). The number of aliphatic carboxylic acids is 1. The Kier molecular flexibility index (Phi) is 4.97. The third kappa shape index (κ3) is 2.90. The van der Waals surface area contributed by atoms with Gasteiger partial charge in [0.1, 0.15) is 12.2 Å². The molecule has 17 heavy (non-hydrogen) atoms. The number of carboxylic acids is 1. The molecule has 0 spiro atoms. The van der Waals surface area contributed by atoms with Crippen LogP contribution in [0.4, 0.5) is 0 Å². The van der Waals surface area contributed by atoms with Crippen LogP contribution in [0.1, 0.15) is 0 Å². The first-order valence-electron chi connectivity index (χ1n) is 4.07. The SMILES string of the molecule is O=C(O)[C@H](O)[C@@](O)([C@H](O)[C@H](O)CO)S(=O)(=O)O. The topological polar surface area (TPSA) is 193 Å². The van der Waals surface area contributed by atoms with Gasteiger partial charge in [-0.1, -0.05) is 0 Å². The van der Waals surface area contributed by atoms with Crippen molar-refractivity contribution in [3.63, 3.8) is 0 Å². The van der Waals surface area contributed by atoms with Crippen LogP contribution in [0.15, 0.2) is 0 Å². The molecule has 4 atom stereocenters. The summed E-state index contributed by atoms with van der Waals surface area (Å²) in [4.78, 5) is 6.40. The summed E-state index contributed by atoms with van der Waals surface area (Å²) in [7, 11) is -5.66. The fourth-order valence-electron chi connectivity index (χ4n) is 1.01. The molecule has 0 fully saturated rings. The third-order valence-corrected chi connectivity index (χ3v) is 3.31. The summed E-state index contributed by atoms with van der Waals surface area (Å²) in [5, 5.41) is 53.2. The van der Waals surface area contributed by atoms with E-state index in [-0.39, 0.29) is 0 Å². The van der Waals surface area contributed by atoms with E-state index in [2.05, 4.69) is 0 Å². The predicted molar refractivity (Wildman–Crippen MR) is 49.2 cm³/mol. The minimum Gasteiger partial charge on any atom is -0.479 e. The van der Waals surface area contributed by atoms with Crippen molar-refractivity contribution in [3.05, 3.63) is 0 Å². The molecular weight excluding hydrogens is 264 g/mol. The predicted octanol–water partition coefficient (Wildman–Crippen LogP) is -4.28. The fourth-order valence-corrected chi connectivity index (χ4v) is 1.85. The van der Waals surface area contributed by atoms with E-state index in [4.69, 9.17) is 30.1 Å². The largest absolute Gasteiger partial charge is 0.479 e. The average Bonchev–Trinajstić information content (AvgIpc) is 2.22. The van der Waals surface area contributed by atoms with Gasteiger partial charge in [0, 0.05) is 0 Å². The maximum atomic E-state index is 10.8. The first kappa shape index (κ1) is 16.2. The average molecular weight is 276 g/mol. The van der Waals surface area contributed by atoms with Crippen LogP contribution in [0.3, 0.4) is 0 Å². The first-order chi connectivity index (χ1) is 7.50. The van der Waals surface area contributed by atoms with Gasteiger partial charge in [-0.2, -0.15) is 8.42 Å². The number of carbonyl (C=O) groups is 1. The van der Waals surface area contributed by atoms with Crippen LogP contribution in [0.5, 0.6) is 0 Å². The Morgan fingerprint density at radius 2 is 1.65 bits per heavy atom. The number of aliphatic hydroxyl groups excluding tert-OH is 4. The van der Waals surface area contributed by atoms with E-state index in [1.807, 2.05) is 0 Å². The quantitative estimate of drug-likeness (QED) is 0.233. The van der Waals surface area contributed by atoms with E-state index in [1.54, 1.807) is 0 Å². The van der Waals surface area contributed by atoms with Crippen molar-refractivity contribution in [2.45, 2.75) is 23.2 Å². The van der Waals surface area contributed by atoms with Crippen LogP contribution >= 0.6 is 0 Å². The van der Waals surface area contributed by atoms with Gasteiger partial charge < -0.3 is 30.6 Å². The van der Waals surface area contributed by atoms with Gasteiger partial charge in [0.2, 0.25) is 0 Å². The summed E-state index contributed by atoms with van der Waals surface area (Å²) in [5.74, 6) is -2.27. The fraction of sp³-hybridized carbons (Fsp3) is 0.833. The Hall–Kier alpha value is -0.820. The molecule has 0 saturated heterocycles. The number of carboxylic acid groups (broad SMARTS) is 1. The summed E-state index contributed by atoms with van der Waals surface area (Å²) in [6.07, 6.45) is -8.27. The summed E-state index contributed by atoms with van der Waals surface area (Å²) in [5.41, 5.74) is 0. The highest BCUT2D eigenvalue weighted by atomic mass is 32.2. The van der Waals surface area contributed by atoms with Gasteiger partial charge in [-0.25, -0.2) is 4.79 Å². The molecular formula is C6H12O10S. The molecule has 11 heteroatoms. The Labute approximate surface area is 95.1 Å². The summed E-state index contributed by atoms with van der Waals surface area (Å²) < 4.78 is 30.2. The molecule has 0 aromatic rings.